The highest BCUT2D eigenvalue weighted by atomic mass is 32.2. The lowest BCUT2D eigenvalue weighted by atomic mass is 10.1. The van der Waals surface area contributed by atoms with E-state index < -0.39 is 14.6 Å². The first-order valence-corrected chi connectivity index (χ1v) is 11.3. The molecule has 1 fully saturated rings. The zero-order valence-corrected chi connectivity index (χ0v) is 17.2. The third-order valence-corrected chi connectivity index (χ3v) is 7.44. The summed E-state index contributed by atoms with van der Waals surface area (Å²) in [4.78, 5) is 6.82. The minimum absolute atomic E-state index is 0.196. The molecule has 1 heterocycles. The number of guanidine groups is 1. The highest BCUT2D eigenvalue weighted by Gasteiger charge is 2.40. The molecule has 0 aliphatic carbocycles. The second kappa shape index (κ2) is 9.40. The lowest BCUT2D eigenvalue weighted by Gasteiger charge is -2.39. The summed E-state index contributed by atoms with van der Waals surface area (Å²) in [7, 11) is -3.03. The quantitative estimate of drug-likeness (QED) is 0.450. The van der Waals surface area contributed by atoms with Crippen LogP contribution in [0.1, 0.15) is 45.6 Å². The molecule has 0 unspecified atom stereocenters. The largest absolute Gasteiger partial charge is 0.357 e. The van der Waals surface area contributed by atoms with Crippen molar-refractivity contribution in [3.63, 3.8) is 0 Å². The van der Waals surface area contributed by atoms with Gasteiger partial charge in [-0.3, -0.25) is 4.99 Å². The fraction of sp³-hybridized carbons (Fsp3) is 0.650. The van der Waals surface area contributed by atoms with Crippen LogP contribution in [-0.2, 0) is 16.3 Å². The first kappa shape index (κ1) is 20.7. The van der Waals surface area contributed by atoms with E-state index >= 15 is 0 Å². The van der Waals surface area contributed by atoms with Gasteiger partial charge < -0.3 is 10.2 Å². The summed E-state index contributed by atoms with van der Waals surface area (Å²) >= 11 is 0. The summed E-state index contributed by atoms with van der Waals surface area (Å²) in [6, 6.07) is 10.6. The van der Waals surface area contributed by atoms with E-state index in [1.165, 1.54) is 12.0 Å². The molecule has 1 aromatic carbocycles. The molecule has 0 amide bonds. The molecule has 0 bridgehead atoms. The Bertz CT molecular complexity index is 684. The Morgan fingerprint density at radius 2 is 1.92 bits per heavy atom. The number of sulfone groups is 1. The Morgan fingerprint density at radius 1 is 1.19 bits per heavy atom. The van der Waals surface area contributed by atoms with Gasteiger partial charge in [0, 0.05) is 26.2 Å². The lowest BCUT2D eigenvalue weighted by molar-refractivity contribution is 0.353. The maximum Gasteiger partial charge on any atom is 0.193 e. The summed E-state index contributed by atoms with van der Waals surface area (Å²) in [5, 5.41) is 3.32. The van der Waals surface area contributed by atoms with Gasteiger partial charge in [0.25, 0.3) is 0 Å². The second-order valence-corrected chi connectivity index (χ2v) is 10.3. The highest BCUT2D eigenvalue weighted by molar-refractivity contribution is 7.92. The van der Waals surface area contributed by atoms with Crippen LogP contribution in [0.3, 0.4) is 0 Å². The molecule has 6 heteroatoms. The Morgan fingerprint density at radius 3 is 2.58 bits per heavy atom. The fourth-order valence-corrected chi connectivity index (χ4v) is 4.56. The van der Waals surface area contributed by atoms with E-state index in [9.17, 15) is 8.42 Å². The van der Waals surface area contributed by atoms with Crippen molar-refractivity contribution >= 4 is 15.8 Å². The van der Waals surface area contributed by atoms with Crippen LogP contribution in [0.2, 0.25) is 0 Å². The maximum absolute atomic E-state index is 12.2. The standard InChI is InChI=1S/C20H33N3O2S/c1-4-21-19(23-15-16-26(24,25)20(2,3)17-23)22-14-10-6-9-13-18-11-7-5-8-12-18/h5,7-8,11-12H,4,6,9-10,13-17H2,1-3H3,(H,21,22). The van der Waals surface area contributed by atoms with Gasteiger partial charge in [0.2, 0.25) is 0 Å². The van der Waals surface area contributed by atoms with E-state index in [0.717, 1.165) is 38.3 Å². The minimum atomic E-state index is -3.03. The second-order valence-electron chi connectivity index (χ2n) is 7.53. The van der Waals surface area contributed by atoms with E-state index in [1.807, 2.05) is 26.8 Å². The van der Waals surface area contributed by atoms with Gasteiger partial charge in [0.05, 0.1) is 10.5 Å². The highest BCUT2D eigenvalue weighted by Crippen LogP contribution is 2.23. The topological polar surface area (TPSA) is 61.8 Å². The van der Waals surface area contributed by atoms with Crippen molar-refractivity contribution < 1.29 is 8.42 Å². The average Bonchev–Trinajstić information content (AvgIpc) is 2.60. The van der Waals surface area contributed by atoms with Crippen molar-refractivity contribution in [1.29, 1.82) is 0 Å². The lowest BCUT2D eigenvalue weighted by Crippen LogP contribution is -2.57. The van der Waals surface area contributed by atoms with Crippen LogP contribution in [0.25, 0.3) is 0 Å². The van der Waals surface area contributed by atoms with Crippen LogP contribution in [-0.4, -0.2) is 56.0 Å². The number of nitrogens with one attached hydrogen (secondary N) is 1. The first-order valence-electron chi connectivity index (χ1n) is 9.65. The van der Waals surface area contributed by atoms with Crippen LogP contribution < -0.4 is 5.32 Å². The third-order valence-electron chi connectivity index (χ3n) is 4.91. The number of aryl methyl sites for hydroxylation is 1. The van der Waals surface area contributed by atoms with Gasteiger partial charge in [-0.25, -0.2) is 8.42 Å². The third kappa shape index (κ3) is 5.73. The zero-order valence-electron chi connectivity index (χ0n) is 16.4. The van der Waals surface area contributed by atoms with Gasteiger partial charge in [-0.05, 0) is 45.6 Å². The zero-order chi connectivity index (χ0) is 19.0. The van der Waals surface area contributed by atoms with E-state index in [2.05, 4.69) is 34.5 Å². The van der Waals surface area contributed by atoms with Crippen LogP contribution in [0, 0.1) is 0 Å². The average molecular weight is 380 g/mol. The van der Waals surface area contributed by atoms with Crippen molar-refractivity contribution in [2.75, 3.05) is 31.9 Å². The number of unbranched alkanes of at least 4 members (excludes halogenated alkanes) is 2. The molecule has 2 rings (SSSR count). The predicted octanol–water partition coefficient (Wildman–Crippen LogP) is 2.87. The van der Waals surface area contributed by atoms with E-state index in [0.29, 0.717) is 13.1 Å². The molecule has 1 aliphatic rings. The van der Waals surface area contributed by atoms with Crippen molar-refractivity contribution in [3.8, 4) is 0 Å². The van der Waals surface area contributed by atoms with E-state index in [1.54, 1.807) is 0 Å². The number of hydrogen-bond acceptors (Lipinski definition) is 3. The van der Waals surface area contributed by atoms with Gasteiger partial charge in [-0.15, -0.1) is 0 Å². The predicted molar refractivity (Wildman–Crippen MR) is 109 cm³/mol. The molecular weight excluding hydrogens is 346 g/mol. The van der Waals surface area contributed by atoms with Gasteiger partial charge in [-0.1, -0.05) is 36.8 Å². The van der Waals surface area contributed by atoms with Crippen LogP contribution >= 0.6 is 0 Å². The van der Waals surface area contributed by atoms with Crippen molar-refractivity contribution in [2.45, 2.75) is 51.2 Å². The van der Waals surface area contributed by atoms with Crippen LogP contribution in [0.15, 0.2) is 35.3 Å². The Labute approximate surface area is 158 Å². The molecule has 0 saturated carbocycles. The van der Waals surface area contributed by atoms with Gasteiger partial charge >= 0.3 is 0 Å². The Kier molecular flexibility index (Phi) is 7.50. The van der Waals surface area contributed by atoms with Crippen LogP contribution in [0.4, 0.5) is 0 Å². The van der Waals surface area contributed by atoms with E-state index in [-0.39, 0.29) is 5.75 Å². The smallest absolute Gasteiger partial charge is 0.193 e. The summed E-state index contributed by atoms with van der Waals surface area (Å²) in [5.74, 6) is 1.04. The molecular formula is C20H33N3O2S. The molecule has 0 aromatic heterocycles. The van der Waals surface area contributed by atoms with Crippen molar-refractivity contribution in [3.05, 3.63) is 35.9 Å². The molecule has 1 aliphatic heterocycles. The molecule has 0 radical (unpaired) electrons. The minimum Gasteiger partial charge on any atom is -0.357 e. The molecule has 5 nitrogen and oxygen atoms in total. The molecule has 146 valence electrons. The van der Waals surface area contributed by atoms with Gasteiger partial charge in [0.1, 0.15) is 0 Å². The van der Waals surface area contributed by atoms with E-state index in [4.69, 9.17) is 4.99 Å². The number of rotatable bonds is 7. The normalized spacial score (nSPS) is 19.3. The summed E-state index contributed by atoms with van der Waals surface area (Å²) in [5.41, 5.74) is 1.39. The number of hydrogen-bond donors (Lipinski definition) is 1. The molecule has 1 N–H and O–H groups in total. The number of aliphatic imine (C=N–C) groups is 1. The molecule has 0 atom stereocenters. The Hall–Kier alpha value is -1.56. The van der Waals surface area contributed by atoms with Gasteiger partial charge in [0.15, 0.2) is 15.8 Å². The molecule has 0 spiro atoms. The maximum atomic E-state index is 12.2. The summed E-state index contributed by atoms with van der Waals surface area (Å²) < 4.78 is 23.7. The van der Waals surface area contributed by atoms with Crippen molar-refractivity contribution in [2.24, 2.45) is 4.99 Å². The van der Waals surface area contributed by atoms with Gasteiger partial charge in [-0.2, -0.15) is 0 Å². The molecule has 1 saturated heterocycles. The summed E-state index contributed by atoms with van der Waals surface area (Å²) in [6.45, 7) is 8.24. The Balaban J connectivity index is 1.81. The van der Waals surface area contributed by atoms with Crippen LogP contribution in [0.5, 0.6) is 0 Å². The number of benzene rings is 1. The monoisotopic (exact) mass is 379 g/mol. The number of nitrogens with zero attached hydrogens (tertiary/aromatic N) is 2. The SMILES string of the molecule is CCNC(=NCCCCCc1ccccc1)N1CCS(=O)(=O)C(C)(C)C1. The fourth-order valence-electron chi connectivity index (χ4n) is 3.20. The van der Waals surface area contributed by atoms with Crippen molar-refractivity contribution in [1.82, 2.24) is 10.2 Å². The molecule has 26 heavy (non-hydrogen) atoms. The first-order chi connectivity index (χ1) is 12.4. The summed E-state index contributed by atoms with van der Waals surface area (Å²) in [6.07, 6.45) is 4.49. The molecule has 1 aromatic rings.